The fourth-order valence-corrected chi connectivity index (χ4v) is 1.93. The maximum Gasteiger partial charge on any atom is 0.317 e. The van der Waals surface area contributed by atoms with Gasteiger partial charge in [-0.2, -0.15) is 0 Å². The number of carboxylic acids is 1. The van der Waals surface area contributed by atoms with E-state index < -0.39 is 5.97 Å². The molecule has 0 aliphatic carbocycles. The first-order valence-electron chi connectivity index (χ1n) is 6.81. The van der Waals surface area contributed by atoms with Gasteiger partial charge in [0, 0.05) is 6.54 Å². The number of aliphatic carboxylic acids is 1. The molecule has 0 radical (unpaired) electrons. The first-order chi connectivity index (χ1) is 9.15. The van der Waals surface area contributed by atoms with Gasteiger partial charge in [-0.05, 0) is 37.1 Å². The Balaban J connectivity index is 2.39. The monoisotopic (exact) mass is 265 g/mol. The second-order valence-corrected chi connectivity index (χ2v) is 4.52. The van der Waals surface area contributed by atoms with E-state index >= 15 is 0 Å². The van der Waals surface area contributed by atoms with Crippen molar-refractivity contribution in [2.45, 2.75) is 26.7 Å². The van der Waals surface area contributed by atoms with Crippen LogP contribution in [0.25, 0.3) is 0 Å². The van der Waals surface area contributed by atoms with Crippen LogP contribution in [0.3, 0.4) is 0 Å². The van der Waals surface area contributed by atoms with Crippen LogP contribution in [0.4, 0.5) is 0 Å². The third-order valence-electron chi connectivity index (χ3n) is 2.88. The number of hydrogen-bond donors (Lipinski definition) is 1. The van der Waals surface area contributed by atoms with Gasteiger partial charge >= 0.3 is 5.97 Å². The van der Waals surface area contributed by atoms with Gasteiger partial charge in [-0.15, -0.1) is 0 Å². The van der Waals surface area contributed by atoms with E-state index in [1.807, 2.05) is 30.0 Å². The van der Waals surface area contributed by atoms with Crippen molar-refractivity contribution < 1.29 is 14.6 Å². The lowest BCUT2D eigenvalue weighted by Gasteiger charge is -2.19. The van der Waals surface area contributed by atoms with Crippen LogP contribution in [0.15, 0.2) is 24.3 Å². The number of ether oxygens (including phenoxy) is 1. The zero-order valence-electron chi connectivity index (χ0n) is 11.8. The van der Waals surface area contributed by atoms with Crippen molar-refractivity contribution in [1.82, 2.24) is 4.90 Å². The predicted octanol–water partition coefficient (Wildman–Crippen LogP) is 2.42. The molecule has 4 nitrogen and oxygen atoms in total. The summed E-state index contributed by atoms with van der Waals surface area (Å²) in [5.41, 5.74) is 1.24. The van der Waals surface area contributed by atoms with E-state index in [2.05, 4.69) is 13.0 Å². The summed E-state index contributed by atoms with van der Waals surface area (Å²) in [6.45, 7) is 6.16. The number of carbonyl (C=O) groups is 1. The number of aryl methyl sites for hydroxylation is 1. The summed E-state index contributed by atoms with van der Waals surface area (Å²) in [5, 5.41) is 8.81. The minimum absolute atomic E-state index is 0.0756. The van der Waals surface area contributed by atoms with E-state index in [4.69, 9.17) is 9.84 Å². The van der Waals surface area contributed by atoms with E-state index in [1.165, 1.54) is 5.56 Å². The second-order valence-electron chi connectivity index (χ2n) is 4.52. The summed E-state index contributed by atoms with van der Waals surface area (Å²) >= 11 is 0. The van der Waals surface area contributed by atoms with Gasteiger partial charge in [-0.25, -0.2) is 0 Å². The normalized spacial score (nSPS) is 10.7. The number of benzene rings is 1. The largest absolute Gasteiger partial charge is 0.492 e. The summed E-state index contributed by atoms with van der Waals surface area (Å²) in [5.74, 6) is 0.0625. The Morgan fingerprint density at radius 2 is 2.11 bits per heavy atom. The molecular weight excluding hydrogens is 242 g/mol. The number of rotatable bonds is 9. The summed E-state index contributed by atoms with van der Waals surface area (Å²) in [4.78, 5) is 12.6. The average Bonchev–Trinajstić information content (AvgIpc) is 2.38. The fourth-order valence-electron chi connectivity index (χ4n) is 1.93. The molecule has 0 saturated carbocycles. The van der Waals surface area contributed by atoms with E-state index in [9.17, 15) is 4.79 Å². The van der Waals surface area contributed by atoms with Gasteiger partial charge in [0.25, 0.3) is 0 Å². The molecule has 0 heterocycles. The molecule has 1 aromatic carbocycles. The molecule has 0 saturated heterocycles. The second kappa shape index (κ2) is 8.53. The summed E-state index contributed by atoms with van der Waals surface area (Å²) in [7, 11) is 0. The van der Waals surface area contributed by atoms with Gasteiger partial charge in [-0.3, -0.25) is 9.69 Å². The molecule has 106 valence electrons. The third-order valence-corrected chi connectivity index (χ3v) is 2.88. The average molecular weight is 265 g/mol. The van der Waals surface area contributed by atoms with Gasteiger partial charge in [-0.1, -0.05) is 26.0 Å². The molecule has 4 heteroatoms. The highest BCUT2D eigenvalue weighted by Gasteiger charge is 2.08. The molecule has 1 N–H and O–H groups in total. The molecule has 0 fully saturated rings. The lowest BCUT2D eigenvalue weighted by atomic mass is 10.2. The van der Waals surface area contributed by atoms with Gasteiger partial charge in [0.15, 0.2) is 0 Å². The zero-order valence-corrected chi connectivity index (χ0v) is 11.8. The highest BCUT2D eigenvalue weighted by molar-refractivity contribution is 5.69. The van der Waals surface area contributed by atoms with Gasteiger partial charge < -0.3 is 9.84 Å². The Bertz CT molecular complexity index is 393. The van der Waals surface area contributed by atoms with Crippen LogP contribution in [-0.4, -0.2) is 42.2 Å². The topological polar surface area (TPSA) is 49.8 Å². The van der Waals surface area contributed by atoms with Crippen LogP contribution in [-0.2, 0) is 11.2 Å². The highest BCUT2D eigenvalue weighted by Crippen LogP contribution is 2.13. The molecule has 19 heavy (non-hydrogen) atoms. The Labute approximate surface area is 115 Å². The quantitative estimate of drug-likeness (QED) is 0.745. The summed E-state index contributed by atoms with van der Waals surface area (Å²) in [6, 6.07) is 8.01. The van der Waals surface area contributed by atoms with E-state index in [-0.39, 0.29) is 6.54 Å². The molecule has 1 aromatic rings. The third kappa shape index (κ3) is 6.25. The molecule has 0 bridgehead atoms. The summed E-state index contributed by atoms with van der Waals surface area (Å²) in [6.07, 6.45) is 1.93. The maximum absolute atomic E-state index is 10.7. The molecular formula is C15H23NO3. The SMILES string of the molecule is CCCN(CCOc1cccc(CC)c1)CC(=O)O. The van der Waals surface area contributed by atoms with Gasteiger partial charge in [0.05, 0.1) is 6.54 Å². The van der Waals surface area contributed by atoms with Crippen molar-refractivity contribution in [3.8, 4) is 5.75 Å². The summed E-state index contributed by atoms with van der Waals surface area (Å²) < 4.78 is 5.67. The Morgan fingerprint density at radius 3 is 2.74 bits per heavy atom. The van der Waals surface area contributed by atoms with Crippen molar-refractivity contribution in [1.29, 1.82) is 0 Å². The molecule has 1 rings (SSSR count). The first kappa shape index (κ1) is 15.5. The number of carboxylic acid groups (broad SMARTS) is 1. The lowest BCUT2D eigenvalue weighted by molar-refractivity contribution is -0.138. The molecule has 0 atom stereocenters. The van der Waals surface area contributed by atoms with Crippen molar-refractivity contribution in [3.05, 3.63) is 29.8 Å². The van der Waals surface area contributed by atoms with E-state index in [1.54, 1.807) is 0 Å². The van der Waals surface area contributed by atoms with Crippen LogP contribution in [0.5, 0.6) is 5.75 Å². The smallest absolute Gasteiger partial charge is 0.317 e. The van der Waals surface area contributed by atoms with Gasteiger partial charge in [0.1, 0.15) is 12.4 Å². The fraction of sp³-hybridized carbons (Fsp3) is 0.533. The van der Waals surface area contributed by atoms with E-state index in [0.29, 0.717) is 13.2 Å². The van der Waals surface area contributed by atoms with Crippen molar-refractivity contribution in [2.75, 3.05) is 26.2 Å². The molecule has 0 aliphatic heterocycles. The van der Waals surface area contributed by atoms with Crippen molar-refractivity contribution in [3.63, 3.8) is 0 Å². The standard InChI is InChI=1S/C15H23NO3/c1-3-8-16(12-15(17)18)9-10-19-14-7-5-6-13(4-2)11-14/h5-7,11H,3-4,8-10,12H2,1-2H3,(H,17,18). The Morgan fingerprint density at radius 1 is 1.32 bits per heavy atom. The van der Waals surface area contributed by atoms with Gasteiger partial charge in [0.2, 0.25) is 0 Å². The van der Waals surface area contributed by atoms with Crippen molar-refractivity contribution in [2.24, 2.45) is 0 Å². The van der Waals surface area contributed by atoms with Crippen LogP contribution in [0, 0.1) is 0 Å². The Hall–Kier alpha value is -1.55. The minimum Gasteiger partial charge on any atom is -0.492 e. The molecule has 0 unspecified atom stereocenters. The highest BCUT2D eigenvalue weighted by atomic mass is 16.5. The molecule has 0 amide bonds. The van der Waals surface area contributed by atoms with Crippen LogP contribution >= 0.6 is 0 Å². The van der Waals surface area contributed by atoms with Crippen LogP contribution < -0.4 is 4.74 Å². The van der Waals surface area contributed by atoms with E-state index in [0.717, 1.165) is 25.1 Å². The molecule has 0 aliphatic rings. The molecule has 0 aromatic heterocycles. The predicted molar refractivity (Wildman–Crippen MR) is 75.7 cm³/mol. The zero-order chi connectivity index (χ0) is 14.1. The maximum atomic E-state index is 10.7. The number of nitrogens with zero attached hydrogens (tertiary/aromatic N) is 1. The van der Waals surface area contributed by atoms with Crippen molar-refractivity contribution >= 4 is 5.97 Å². The number of hydrogen-bond acceptors (Lipinski definition) is 3. The first-order valence-corrected chi connectivity index (χ1v) is 6.81. The lowest BCUT2D eigenvalue weighted by Crippen LogP contribution is -2.34. The molecule has 0 spiro atoms. The minimum atomic E-state index is -0.790. The Kier molecular flexibility index (Phi) is 6.97. The van der Waals surface area contributed by atoms with Crippen LogP contribution in [0.1, 0.15) is 25.8 Å². The van der Waals surface area contributed by atoms with Crippen LogP contribution in [0.2, 0.25) is 0 Å².